The highest BCUT2D eigenvalue weighted by Gasteiger charge is 2.03. The van der Waals surface area contributed by atoms with E-state index in [9.17, 15) is 4.79 Å². The summed E-state index contributed by atoms with van der Waals surface area (Å²) in [6, 6.07) is 5.10. The molecule has 0 aliphatic heterocycles. The van der Waals surface area contributed by atoms with Crippen LogP contribution in [0.25, 0.3) is 11.4 Å². The van der Waals surface area contributed by atoms with Gasteiger partial charge < -0.3 is 15.0 Å². The Kier molecular flexibility index (Phi) is 4.77. The lowest BCUT2D eigenvalue weighted by Crippen LogP contribution is -2.21. The van der Waals surface area contributed by atoms with Crippen LogP contribution in [0.5, 0.6) is 0 Å². The quantitative estimate of drug-likeness (QED) is 0.742. The minimum absolute atomic E-state index is 0.162. The van der Waals surface area contributed by atoms with Gasteiger partial charge in [0.15, 0.2) is 0 Å². The van der Waals surface area contributed by atoms with Crippen LogP contribution in [-0.2, 0) is 11.3 Å². The summed E-state index contributed by atoms with van der Waals surface area (Å²) in [6.07, 6.45) is 3.33. The molecule has 19 heavy (non-hydrogen) atoms. The lowest BCUT2D eigenvalue weighted by molar-refractivity contribution is 0.199. The molecule has 0 unspecified atom stereocenters. The molecule has 0 amide bonds. The van der Waals surface area contributed by atoms with E-state index in [1.165, 1.54) is 6.07 Å². The van der Waals surface area contributed by atoms with Gasteiger partial charge in [-0.3, -0.25) is 9.78 Å². The van der Waals surface area contributed by atoms with E-state index in [2.05, 4.69) is 20.3 Å². The predicted molar refractivity (Wildman–Crippen MR) is 71.7 cm³/mol. The van der Waals surface area contributed by atoms with Gasteiger partial charge in [-0.1, -0.05) is 0 Å². The second-order valence-corrected chi connectivity index (χ2v) is 3.99. The van der Waals surface area contributed by atoms with Crippen molar-refractivity contribution in [2.24, 2.45) is 0 Å². The molecule has 0 aliphatic rings. The van der Waals surface area contributed by atoms with Crippen molar-refractivity contribution in [1.29, 1.82) is 0 Å². The molecule has 0 radical (unpaired) electrons. The lowest BCUT2D eigenvalue weighted by atomic mass is 10.2. The van der Waals surface area contributed by atoms with Crippen molar-refractivity contribution < 1.29 is 4.74 Å². The number of hydrogen-bond donors (Lipinski definition) is 2. The van der Waals surface area contributed by atoms with Gasteiger partial charge in [0, 0.05) is 44.2 Å². The molecule has 2 aromatic heterocycles. The first kappa shape index (κ1) is 13.4. The molecule has 100 valence electrons. The normalized spacial score (nSPS) is 10.6. The van der Waals surface area contributed by atoms with Crippen LogP contribution in [0.3, 0.4) is 0 Å². The molecule has 0 atom stereocenters. The summed E-state index contributed by atoms with van der Waals surface area (Å²) in [5, 5.41) is 3.16. The van der Waals surface area contributed by atoms with Gasteiger partial charge in [0.1, 0.15) is 5.82 Å². The van der Waals surface area contributed by atoms with E-state index in [-0.39, 0.29) is 5.56 Å². The number of H-pyrrole nitrogens is 1. The maximum absolute atomic E-state index is 11.6. The van der Waals surface area contributed by atoms with E-state index in [0.717, 1.165) is 12.1 Å². The van der Waals surface area contributed by atoms with E-state index < -0.39 is 0 Å². The Morgan fingerprint density at radius 2 is 2.16 bits per heavy atom. The number of pyridine rings is 1. The van der Waals surface area contributed by atoms with Crippen molar-refractivity contribution in [3.8, 4) is 11.4 Å². The van der Waals surface area contributed by atoms with E-state index in [4.69, 9.17) is 4.74 Å². The number of aromatic amines is 1. The molecule has 0 spiro atoms. The summed E-state index contributed by atoms with van der Waals surface area (Å²) < 4.78 is 4.94. The number of aromatic nitrogens is 3. The van der Waals surface area contributed by atoms with Gasteiger partial charge in [-0.2, -0.15) is 0 Å². The highest BCUT2D eigenvalue weighted by molar-refractivity contribution is 5.53. The highest BCUT2D eigenvalue weighted by atomic mass is 16.5. The van der Waals surface area contributed by atoms with E-state index in [1.54, 1.807) is 31.6 Å². The van der Waals surface area contributed by atoms with Crippen LogP contribution in [0, 0.1) is 0 Å². The van der Waals surface area contributed by atoms with Crippen molar-refractivity contribution in [3.05, 3.63) is 46.6 Å². The van der Waals surface area contributed by atoms with Crippen molar-refractivity contribution in [3.63, 3.8) is 0 Å². The molecule has 2 N–H and O–H groups in total. The third-order valence-corrected chi connectivity index (χ3v) is 2.54. The van der Waals surface area contributed by atoms with Crippen molar-refractivity contribution >= 4 is 0 Å². The summed E-state index contributed by atoms with van der Waals surface area (Å²) >= 11 is 0. The minimum Gasteiger partial charge on any atom is -0.383 e. The Balaban J connectivity index is 2.14. The first-order valence-corrected chi connectivity index (χ1v) is 6.00. The fourth-order valence-electron chi connectivity index (χ4n) is 1.64. The van der Waals surface area contributed by atoms with Gasteiger partial charge in [-0.05, 0) is 12.1 Å². The maximum atomic E-state index is 11.6. The standard InChI is InChI=1S/C13H16N4O2/c1-19-7-6-15-9-11-8-12(18)17-13(16-11)10-2-4-14-5-3-10/h2-5,8,15H,6-7,9H2,1H3,(H,16,17,18). The van der Waals surface area contributed by atoms with Crippen LogP contribution < -0.4 is 10.9 Å². The fraction of sp³-hybridized carbons (Fsp3) is 0.308. The van der Waals surface area contributed by atoms with E-state index in [1.807, 2.05) is 0 Å². The van der Waals surface area contributed by atoms with E-state index >= 15 is 0 Å². The Hall–Kier alpha value is -2.05. The van der Waals surface area contributed by atoms with Gasteiger partial charge in [0.25, 0.3) is 5.56 Å². The van der Waals surface area contributed by atoms with Crippen LogP contribution in [0.2, 0.25) is 0 Å². The fourth-order valence-corrected chi connectivity index (χ4v) is 1.64. The van der Waals surface area contributed by atoms with Gasteiger partial charge in [-0.25, -0.2) is 4.98 Å². The number of hydrogen-bond acceptors (Lipinski definition) is 5. The van der Waals surface area contributed by atoms with E-state index in [0.29, 0.717) is 24.7 Å². The molecule has 2 heterocycles. The molecule has 6 nitrogen and oxygen atoms in total. The van der Waals surface area contributed by atoms with Gasteiger partial charge >= 0.3 is 0 Å². The van der Waals surface area contributed by atoms with Crippen LogP contribution in [-0.4, -0.2) is 35.2 Å². The first-order valence-electron chi connectivity index (χ1n) is 6.00. The zero-order valence-corrected chi connectivity index (χ0v) is 10.7. The SMILES string of the molecule is COCCNCc1cc(=O)[nH]c(-c2ccncc2)n1. The van der Waals surface area contributed by atoms with Crippen molar-refractivity contribution in [2.75, 3.05) is 20.3 Å². The number of nitrogens with zero attached hydrogens (tertiary/aromatic N) is 2. The van der Waals surface area contributed by atoms with Gasteiger partial charge in [0.05, 0.1) is 12.3 Å². The molecule has 6 heteroatoms. The molecular formula is C13H16N4O2. The Labute approximate surface area is 110 Å². The maximum Gasteiger partial charge on any atom is 0.251 e. The minimum atomic E-state index is -0.162. The zero-order chi connectivity index (χ0) is 13.5. The van der Waals surface area contributed by atoms with Crippen LogP contribution >= 0.6 is 0 Å². The first-order chi connectivity index (χ1) is 9.29. The monoisotopic (exact) mass is 260 g/mol. The largest absolute Gasteiger partial charge is 0.383 e. The molecule has 0 fully saturated rings. The summed E-state index contributed by atoms with van der Waals surface area (Å²) in [4.78, 5) is 22.7. The third kappa shape index (κ3) is 3.97. The second kappa shape index (κ2) is 6.77. The Morgan fingerprint density at radius 3 is 2.89 bits per heavy atom. The lowest BCUT2D eigenvalue weighted by Gasteiger charge is -2.05. The number of methoxy groups -OCH3 is 1. The molecule has 0 bridgehead atoms. The molecule has 0 aliphatic carbocycles. The van der Waals surface area contributed by atoms with Crippen LogP contribution in [0.1, 0.15) is 5.69 Å². The predicted octanol–water partition coefficient (Wildman–Crippen LogP) is 0.568. The Bertz CT molecular complexity index is 568. The van der Waals surface area contributed by atoms with Crippen molar-refractivity contribution in [2.45, 2.75) is 6.54 Å². The average molecular weight is 260 g/mol. The zero-order valence-electron chi connectivity index (χ0n) is 10.7. The Morgan fingerprint density at radius 1 is 1.37 bits per heavy atom. The van der Waals surface area contributed by atoms with Gasteiger partial charge in [-0.15, -0.1) is 0 Å². The van der Waals surface area contributed by atoms with Crippen LogP contribution in [0.4, 0.5) is 0 Å². The number of nitrogens with one attached hydrogen (secondary N) is 2. The summed E-state index contributed by atoms with van der Waals surface area (Å²) in [7, 11) is 1.65. The molecule has 0 aromatic carbocycles. The molecule has 0 saturated heterocycles. The smallest absolute Gasteiger partial charge is 0.251 e. The molecule has 2 aromatic rings. The topological polar surface area (TPSA) is 79.9 Å². The van der Waals surface area contributed by atoms with Crippen molar-refractivity contribution in [1.82, 2.24) is 20.3 Å². The number of ether oxygens (including phenoxy) is 1. The second-order valence-electron chi connectivity index (χ2n) is 3.99. The number of rotatable bonds is 6. The molecule has 0 saturated carbocycles. The average Bonchev–Trinajstić information content (AvgIpc) is 2.44. The highest BCUT2D eigenvalue weighted by Crippen LogP contribution is 2.11. The third-order valence-electron chi connectivity index (χ3n) is 2.54. The summed E-state index contributed by atoms with van der Waals surface area (Å²) in [6.45, 7) is 1.88. The van der Waals surface area contributed by atoms with Crippen LogP contribution in [0.15, 0.2) is 35.4 Å². The summed E-state index contributed by atoms with van der Waals surface area (Å²) in [5.41, 5.74) is 1.38. The van der Waals surface area contributed by atoms with Gasteiger partial charge in [0.2, 0.25) is 0 Å². The molecule has 2 rings (SSSR count). The molecular weight excluding hydrogens is 244 g/mol. The summed E-state index contributed by atoms with van der Waals surface area (Å²) in [5.74, 6) is 0.554.